The molecule has 3 nitrogen and oxygen atoms in total. The Balaban J connectivity index is 1.46. The summed E-state index contributed by atoms with van der Waals surface area (Å²) in [4.78, 5) is 8.25. The fourth-order valence-electron chi connectivity index (χ4n) is 5.74. The van der Waals surface area contributed by atoms with E-state index in [0.717, 1.165) is 16.7 Å². The molecule has 0 amide bonds. The van der Waals surface area contributed by atoms with Crippen molar-refractivity contribution in [1.29, 1.82) is 5.41 Å². The first-order valence-electron chi connectivity index (χ1n) is 15.6. The fraction of sp³-hybridized carbons (Fsp3) is 0. The Morgan fingerprint density at radius 2 is 0.851 bits per heavy atom. The molecule has 2 N–H and O–H groups in total. The summed E-state index contributed by atoms with van der Waals surface area (Å²) >= 11 is 0. The van der Waals surface area contributed by atoms with Crippen LogP contribution in [0.25, 0.3) is 11.1 Å². The van der Waals surface area contributed by atoms with Crippen molar-refractivity contribution in [3.8, 4) is 11.1 Å². The highest BCUT2D eigenvalue weighted by atomic mass is 31.1. The van der Waals surface area contributed by atoms with Crippen molar-refractivity contribution in [3.63, 3.8) is 0 Å². The van der Waals surface area contributed by atoms with Gasteiger partial charge in [0.25, 0.3) is 0 Å². The molecule has 0 saturated heterocycles. The Morgan fingerprint density at radius 1 is 0.447 bits per heavy atom. The first-order chi connectivity index (χ1) is 23.2. The molecule has 7 rings (SSSR count). The largest absolute Gasteiger partial charge is 0.346 e. The van der Waals surface area contributed by atoms with Gasteiger partial charge < -0.3 is 4.98 Å². The van der Waals surface area contributed by atoms with Crippen molar-refractivity contribution in [1.82, 2.24) is 4.98 Å². The lowest BCUT2D eigenvalue weighted by Gasteiger charge is -2.24. The van der Waals surface area contributed by atoms with Crippen molar-refractivity contribution in [2.45, 2.75) is 0 Å². The van der Waals surface area contributed by atoms with Gasteiger partial charge in [-0.3, -0.25) is 5.41 Å². The summed E-state index contributed by atoms with van der Waals surface area (Å²) in [5.41, 5.74) is 3.48. The normalized spacial score (nSPS) is 11.6. The summed E-state index contributed by atoms with van der Waals surface area (Å²) in [6, 6.07) is 64.0. The fourth-order valence-corrected chi connectivity index (χ4v) is 10.6. The molecular formula is C42H33N3P2. The van der Waals surface area contributed by atoms with Gasteiger partial charge in [-0.15, -0.1) is 0 Å². The number of nitrogens with zero attached hydrogens (tertiary/aromatic N) is 1. The molecule has 1 aromatic heterocycles. The number of benzene rings is 6. The Labute approximate surface area is 278 Å². The summed E-state index contributed by atoms with van der Waals surface area (Å²) in [6.45, 7) is 0. The third-order valence-corrected chi connectivity index (χ3v) is 12.7. The molecule has 6 aromatic carbocycles. The number of aromatic amines is 1. The van der Waals surface area contributed by atoms with Gasteiger partial charge in [0.2, 0.25) is 0 Å². The van der Waals surface area contributed by atoms with E-state index in [1.165, 1.54) is 31.8 Å². The maximum atomic E-state index is 9.45. The quantitative estimate of drug-likeness (QED) is 0.101. The average molecular weight is 642 g/mol. The summed E-state index contributed by atoms with van der Waals surface area (Å²) in [7, 11) is -1.81. The summed E-state index contributed by atoms with van der Waals surface area (Å²) in [6.07, 6.45) is 1.87. The Bertz CT molecular complexity index is 1970. The number of hydrogen-bond acceptors (Lipinski definition) is 1. The van der Waals surface area contributed by atoms with Crippen LogP contribution in [0.5, 0.6) is 0 Å². The minimum atomic E-state index is -0.903. The highest BCUT2D eigenvalue weighted by Gasteiger charge is 2.23. The van der Waals surface area contributed by atoms with Gasteiger partial charge in [-0.25, -0.2) is 4.99 Å². The molecule has 0 saturated carbocycles. The SMILES string of the molecule is N=C(/N=c1\[nH]cccc1-c1ccccc1)c1cc(P(c2ccccc2)c2ccccc2)cc(P(c2ccccc2)c2ccccc2)c1. The molecule has 0 aliphatic heterocycles. The predicted molar refractivity (Wildman–Crippen MR) is 202 cm³/mol. The van der Waals surface area contributed by atoms with Crippen LogP contribution >= 0.6 is 15.8 Å². The van der Waals surface area contributed by atoms with Crippen LogP contribution in [-0.2, 0) is 0 Å². The van der Waals surface area contributed by atoms with Crippen molar-refractivity contribution in [2.24, 2.45) is 4.99 Å². The van der Waals surface area contributed by atoms with Crippen LogP contribution < -0.4 is 37.3 Å². The van der Waals surface area contributed by atoms with Crippen LogP contribution in [0.15, 0.2) is 193 Å². The van der Waals surface area contributed by atoms with E-state index >= 15 is 0 Å². The smallest absolute Gasteiger partial charge is 0.154 e. The minimum Gasteiger partial charge on any atom is -0.346 e. The number of hydrogen-bond donors (Lipinski definition) is 2. The van der Waals surface area contributed by atoms with Gasteiger partial charge >= 0.3 is 0 Å². The van der Waals surface area contributed by atoms with Crippen LogP contribution in [0.1, 0.15) is 5.56 Å². The van der Waals surface area contributed by atoms with E-state index in [9.17, 15) is 5.41 Å². The molecule has 0 aliphatic rings. The summed E-state index contributed by atoms with van der Waals surface area (Å²) < 4.78 is 0. The predicted octanol–water partition coefficient (Wildman–Crippen LogP) is 7.12. The number of aromatic nitrogens is 1. The van der Waals surface area contributed by atoms with Crippen molar-refractivity contribution >= 4 is 53.5 Å². The molecule has 0 aliphatic carbocycles. The zero-order chi connectivity index (χ0) is 31.8. The van der Waals surface area contributed by atoms with Crippen LogP contribution in [-0.4, -0.2) is 10.8 Å². The van der Waals surface area contributed by atoms with Gasteiger partial charge in [-0.05, 0) is 83.6 Å². The highest BCUT2D eigenvalue weighted by Crippen LogP contribution is 2.37. The van der Waals surface area contributed by atoms with Gasteiger partial charge in [-0.2, -0.15) is 0 Å². The zero-order valence-electron chi connectivity index (χ0n) is 25.7. The zero-order valence-corrected chi connectivity index (χ0v) is 27.5. The number of H-pyrrole nitrogens is 1. The van der Waals surface area contributed by atoms with Gasteiger partial charge in [0.05, 0.1) is 0 Å². The molecule has 47 heavy (non-hydrogen) atoms. The maximum Gasteiger partial charge on any atom is 0.154 e. The van der Waals surface area contributed by atoms with Crippen molar-refractivity contribution < 1.29 is 0 Å². The number of nitrogens with one attached hydrogen (secondary N) is 2. The molecule has 226 valence electrons. The first-order valence-corrected chi connectivity index (χ1v) is 18.3. The second-order valence-electron chi connectivity index (χ2n) is 11.0. The van der Waals surface area contributed by atoms with Crippen LogP contribution in [0, 0.1) is 5.41 Å². The summed E-state index contributed by atoms with van der Waals surface area (Å²) in [5.74, 6) is 0.222. The molecule has 1 heterocycles. The van der Waals surface area contributed by atoms with E-state index < -0.39 is 15.8 Å². The molecular weight excluding hydrogens is 608 g/mol. The van der Waals surface area contributed by atoms with Gasteiger partial charge in [0.15, 0.2) is 5.84 Å². The van der Waals surface area contributed by atoms with Gasteiger partial charge in [0.1, 0.15) is 5.49 Å². The second-order valence-corrected chi connectivity index (χ2v) is 15.4. The molecule has 0 atom stereocenters. The monoisotopic (exact) mass is 641 g/mol. The number of rotatable bonds is 8. The lowest BCUT2D eigenvalue weighted by atomic mass is 10.1. The second kappa shape index (κ2) is 14.5. The molecule has 0 fully saturated rings. The Morgan fingerprint density at radius 3 is 1.28 bits per heavy atom. The van der Waals surface area contributed by atoms with Crippen LogP contribution in [0.3, 0.4) is 0 Å². The third-order valence-electron chi connectivity index (χ3n) is 7.89. The lowest BCUT2D eigenvalue weighted by Crippen LogP contribution is -2.28. The molecule has 7 aromatic rings. The maximum absolute atomic E-state index is 9.45. The summed E-state index contributed by atoms with van der Waals surface area (Å²) in [5, 5.41) is 16.9. The topological polar surface area (TPSA) is 52.0 Å². The lowest BCUT2D eigenvalue weighted by molar-refractivity contribution is 1.16. The Kier molecular flexibility index (Phi) is 9.38. The molecule has 0 radical (unpaired) electrons. The Hall–Kier alpha value is -5.20. The van der Waals surface area contributed by atoms with E-state index in [4.69, 9.17) is 4.99 Å². The molecule has 0 bridgehead atoms. The van der Waals surface area contributed by atoms with E-state index in [1.807, 2.05) is 36.5 Å². The van der Waals surface area contributed by atoms with Gasteiger partial charge in [0, 0.05) is 17.3 Å². The van der Waals surface area contributed by atoms with E-state index in [0.29, 0.717) is 5.49 Å². The van der Waals surface area contributed by atoms with E-state index in [1.54, 1.807) is 0 Å². The molecule has 5 heteroatoms. The standard InChI is InChI=1S/C42H33N3P2/c43-41(45-42-40(27-16-28-44-42)32-17-6-1-7-18-32)33-29-38(46(34-19-8-2-9-20-34)35-21-10-3-11-22-35)31-39(30-33)47(36-23-12-4-13-24-36)37-25-14-5-15-26-37/h1-31H,(H2,43,44,45). The minimum absolute atomic E-state index is 0.222. The highest BCUT2D eigenvalue weighted by molar-refractivity contribution is 7.81. The van der Waals surface area contributed by atoms with E-state index in [-0.39, 0.29) is 5.84 Å². The molecule has 0 unspecified atom stereocenters. The third kappa shape index (κ3) is 6.98. The average Bonchev–Trinajstić information content (AvgIpc) is 3.14. The van der Waals surface area contributed by atoms with Crippen molar-refractivity contribution in [3.05, 3.63) is 199 Å². The van der Waals surface area contributed by atoms with Crippen LogP contribution in [0.4, 0.5) is 0 Å². The number of pyridine rings is 1. The molecule has 0 spiro atoms. The van der Waals surface area contributed by atoms with Crippen molar-refractivity contribution in [2.75, 3.05) is 0 Å². The number of amidine groups is 1. The van der Waals surface area contributed by atoms with Crippen LogP contribution in [0.2, 0.25) is 0 Å². The van der Waals surface area contributed by atoms with E-state index in [2.05, 4.69) is 157 Å². The van der Waals surface area contributed by atoms with Gasteiger partial charge in [-0.1, -0.05) is 152 Å². The first kappa shape index (κ1) is 30.5.